The van der Waals surface area contributed by atoms with E-state index in [9.17, 15) is 4.79 Å². The Morgan fingerprint density at radius 2 is 2.05 bits per heavy atom. The molecule has 1 amide bonds. The second-order valence-corrected chi connectivity index (χ2v) is 7.23. The third-order valence-electron chi connectivity index (χ3n) is 2.57. The van der Waals surface area contributed by atoms with Crippen LogP contribution in [0.2, 0.25) is 0 Å². The number of thioether (sulfide) groups is 1. The van der Waals surface area contributed by atoms with Gasteiger partial charge in [0.05, 0.1) is 12.3 Å². The Labute approximate surface area is 117 Å². The zero-order valence-corrected chi connectivity index (χ0v) is 12.3. The van der Waals surface area contributed by atoms with Crippen molar-refractivity contribution in [3.8, 4) is 0 Å². The van der Waals surface area contributed by atoms with E-state index in [2.05, 4.69) is 26.1 Å². The molecule has 102 valence electrons. The van der Waals surface area contributed by atoms with Crippen molar-refractivity contribution in [3.63, 3.8) is 0 Å². The van der Waals surface area contributed by atoms with Crippen LogP contribution in [0.15, 0.2) is 34.7 Å². The van der Waals surface area contributed by atoms with E-state index < -0.39 is 0 Å². The van der Waals surface area contributed by atoms with Gasteiger partial charge in [0.25, 0.3) is 0 Å². The lowest BCUT2D eigenvalue weighted by Gasteiger charge is -2.16. The molecule has 0 unspecified atom stereocenters. The molecule has 0 aliphatic carbocycles. The minimum Gasteiger partial charge on any atom is -0.459 e. The molecule has 1 N–H and O–H groups in total. The van der Waals surface area contributed by atoms with Gasteiger partial charge < -0.3 is 9.73 Å². The standard InChI is InChI=1S/C15H19NO2S/c1-15(2,3)19-10-14(17)16-9-12-8-11-6-4-5-7-13(11)18-12/h4-8H,9-10H2,1-3H3,(H,16,17). The molecule has 3 nitrogen and oxygen atoms in total. The molecular formula is C15H19NO2S. The molecule has 0 spiro atoms. The Bertz CT molecular complexity index is 536. The highest BCUT2D eigenvalue weighted by Crippen LogP contribution is 2.22. The second kappa shape index (κ2) is 5.70. The Morgan fingerprint density at radius 3 is 2.74 bits per heavy atom. The van der Waals surface area contributed by atoms with Crippen LogP contribution in [0.4, 0.5) is 0 Å². The van der Waals surface area contributed by atoms with Crippen LogP contribution in [0.25, 0.3) is 11.0 Å². The zero-order chi connectivity index (χ0) is 13.9. The molecule has 1 heterocycles. The maximum Gasteiger partial charge on any atom is 0.230 e. The minimum absolute atomic E-state index is 0.0420. The summed E-state index contributed by atoms with van der Waals surface area (Å²) in [6, 6.07) is 9.80. The topological polar surface area (TPSA) is 42.2 Å². The molecule has 0 aliphatic rings. The van der Waals surface area contributed by atoms with E-state index in [-0.39, 0.29) is 10.7 Å². The first kappa shape index (κ1) is 14.0. The number of rotatable bonds is 4. The molecule has 4 heteroatoms. The SMILES string of the molecule is CC(C)(C)SCC(=O)NCc1cc2ccccc2o1. The molecule has 0 radical (unpaired) electrons. The molecule has 1 aromatic heterocycles. The van der Waals surface area contributed by atoms with Gasteiger partial charge in [0.15, 0.2) is 0 Å². The van der Waals surface area contributed by atoms with Gasteiger partial charge >= 0.3 is 0 Å². The number of benzene rings is 1. The van der Waals surface area contributed by atoms with Crippen molar-refractivity contribution < 1.29 is 9.21 Å². The molecule has 0 saturated heterocycles. The number of furan rings is 1. The van der Waals surface area contributed by atoms with Crippen molar-refractivity contribution in [2.75, 3.05) is 5.75 Å². The van der Waals surface area contributed by atoms with Crippen molar-refractivity contribution in [1.29, 1.82) is 0 Å². The number of amides is 1. The average Bonchev–Trinajstić information content (AvgIpc) is 2.75. The number of fused-ring (bicyclic) bond motifs is 1. The maximum absolute atomic E-state index is 11.7. The van der Waals surface area contributed by atoms with E-state index >= 15 is 0 Å². The molecule has 19 heavy (non-hydrogen) atoms. The summed E-state index contributed by atoms with van der Waals surface area (Å²) in [5.74, 6) is 1.31. The van der Waals surface area contributed by atoms with Crippen molar-refractivity contribution in [1.82, 2.24) is 5.32 Å². The van der Waals surface area contributed by atoms with Crippen LogP contribution in [-0.4, -0.2) is 16.4 Å². The second-order valence-electron chi connectivity index (χ2n) is 5.43. The summed E-state index contributed by atoms with van der Waals surface area (Å²) >= 11 is 1.64. The summed E-state index contributed by atoms with van der Waals surface area (Å²) in [5, 5.41) is 3.94. The van der Waals surface area contributed by atoms with Crippen LogP contribution in [0, 0.1) is 0 Å². The molecule has 0 bridgehead atoms. The lowest BCUT2D eigenvalue weighted by molar-refractivity contribution is -0.118. The predicted octanol–water partition coefficient (Wildman–Crippen LogP) is 3.58. The molecular weight excluding hydrogens is 258 g/mol. The van der Waals surface area contributed by atoms with Crippen molar-refractivity contribution in [2.24, 2.45) is 0 Å². The largest absolute Gasteiger partial charge is 0.459 e. The summed E-state index contributed by atoms with van der Waals surface area (Å²) in [7, 11) is 0. The fourth-order valence-corrected chi connectivity index (χ4v) is 2.31. The quantitative estimate of drug-likeness (QED) is 0.928. The number of hydrogen-bond donors (Lipinski definition) is 1. The summed E-state index contributed by atoms with van der Waals surface area (Å²) in [4.78, 5) is 11.7. The van der Waals surface area contributed by atoms with Crippen LogP contribution in [0.3, 0.4) is 0 Å². The van der Waals surface area contributed by atoms with Gasteiger partial charge in [-0.15, -0.1) is 11.8 Å². The summed E-state index contributed by atoms with van der Waals surface area (Å²) in [6.45, 7) is 6.75. The molecule has 2 aromatic rings. The van der Waals surface area contributed by atoms with E-state index in [0.29, 0.717) is 12.3 Å². The van der Waals surface area contributed by atoms with E-state index in [1.54, 1.807) is 11.8 Å². The van der Waals surface area contributed by atoms with Crippen LogP contribution in [-0.2, 0) is 11.3 Å². The Kier molecular flexibility index (Phi) is 4.20. The van der Waals surface area contributed by atoms with E-state index in [1.807, 2.05) is 30.3 Å². The van der Waals surface area contributed by atoms with Gasteiger partial charge in [0, 0.05) is 10.1 Å². The number of nitrogens with one attached hydrogen (secondary N) is 1. The lowest BCUT2D eigenvalue weighted by Crippen LogP contribution is -2.26. The predicted molar refractivity (Wildman–Crippen MR) is 80.3 cm³/mol. The van der Waals surface area contributed by atoms with Gasteiger partial charge in [-0.2, -0.15) is 0 Å². The highest BCUT2D eigenvalue weighted by atomic mass is 32.2. The van der Waals surface area contributed by atoms with Crippen molar-refractivity contribution >= 4 is 28.6 Å². The Hall–Kier alpha value is -1.42. The van der Waals surface area contributed by atoms with Gasteiger partial charge in [-0.25, -0.2) is 0 Å². The zero-order valence-electron chi connectivity index (χ0n) is 11.5. The normalized spacial score (nSPS) is 11.7. The first-order chi connectivity index (χ1) is 8.94. The Balaban J connectivity index is 1.86. The molecule has 0 fully saturated rings. The van der Waals surface area contributed by atoms with Gasteiger partial charge in [0.2, 0.25) is 5.91 Å². The average molecular weight is 277 g/mol. The summed E-state index contributed by atoms with van der Waals surface area (Å²) < 4.78 is 5.75. The van der Waals surface area contributed by atoms with Gasteiger partial charge in [-0.05, 0) is 12.1 Å². The fraction of sp³-hybridized carbons (Fsp3) is 0.400. The van der Waals surface area contributed by atoms with Gasteiger partial charge in [-0.3, -0.25) is 4.79 Å². The van der Waals surface area contributed by atoms with Crippen LogP contribution < -0.4 is 5.32 Å². The monoisotopic (exact) mass is 277 g/mol. The number of carbonyl (C=O) groups is 1. The highest BCUT2D eigenvalue weighted by Gasteiger charge is 2.13. The minimum atomic E-state index is 0.0420. The fourth-order valence-electron chi connectivity index (χ4n) is 1.64. The van der Waals surface area contributed by atoms with Gasteiger partial charge in [0.1, 0.15) is 11.3 Å². The molecule has 0 saturated carbocycles. The van der Waals surface area contributed by atoms with Crippen LogP contribution in [0.5, 0.6) is 0 Å². The summed E-state index contributed by atoms with van der Waals surface area (Å²) in [6.07, 6.45) is 0. The number of hydrogen-bond acceptors (Lipinski definition) is 3. The van der Waals surface area contributed by atoms with E-state index in [1.165, 1.54) is 0 Å². The van der Waals surface area contributed by atoms with Crippen LogP contribution in [0.1, 0.15) is 26.5 Å². The maximum atomic E-state index is 11.7. The first-order valence-corrected chi connectivity index (χ1v) is 7.31. The smallest absolute Gasteiger partial charge is 0.230 e. The van der Waals surface area contributed by atoms with Crippen LogP contribution >= 0.6 is 11.8 Å². The molecule has 1 aromatic carbocycles. The Morgan fingerprint density at radius 1 is 1.32 bits per heavy atom. The lowest BCUT2D eigenvalue weighted by atomic mass is 10.2. The molecule has 0 atom stereocenters. The first-order valence-electron chi connectivity index (χ1n) is 6.32. The van der Waals surface area contributed by atoms with Crippen molar-refractivity contribution in [3.05, 3.63) is 36.1 Å². The van der Waals surface area contributed by atoms with E-state index in [4.69, 9.17) is 4.42 Å². The van der Waals surface area contributed by atoms with Crippen molar-refractivity contribution in [2.45, 2.75) is 32.1 Å². The third-order valence-corrected chi connectivity index (χ3v) is 3.85. The molecule has 0 aliphatic heterocycles. The molecule has 2 rings (SSSR count). The summed E-state index contributed by atoms with van der Waals surface area (Å²) in [5.41, 5.74) is 0.857. The number of carbonyl (C=O) groups excluding carboxylic acids is 1. The third kappa shape index (κ3) is 4.31. The van der Waals surface area contributed by atoms with E-state index in [0.717, 1.165) is 16.7 Å². The highest BCUT2D eigenvalue weighted by molar-refractivity contribution is 8.01. The number of para-hydroxylation sites is 1. The van der Waals surface area contributed by atoms with Gasteiger partial charge in [-0.1, -0.05) is 39.0 Å².